The second kappa shape index (κ2) is 9.23. The molecule has 0 aliphatic rings. The molecule has 0 aromatic carbocycles. The van der Waals surface area contributed by atoms with Crippen molar-refractivity contribution in [2.24, 2.45) is 5.73 Å². The second-order valence-electron chi connectivity index (χ2n) is 2.71. The van der Waals surface area contributed by atoms with Crippen molar-refractivity contribution < 1.29 is 4.74 Å². The van der Waals surface area contributed by atoms with Gasteiger partial charge in [-0.2, -0.15) is 0 Å². The van der Waals surface area contributed by atoms with E-state index in [2.05, 4.69) is 6.58 Å². The van der Waals surface area contributed by atoms with Crippen LogP contribution in [0.2, 0.25) is 0 Å². The summed E-state index contributed by atoms with van der Waals surface area (Å²) in [4.78, 5) is 0. The summed E-state index contributed by atoms with van der Waals surface area (Å²) in [6.07, 6.45) is 9.83. The molecule has 13 heavy (non-hydrogen) atoms. The van der Waals surface area contributed by atoms with Crippen LogP contribution in [0.25, 0.3) is 0 Å². The van der Waals surface area contributed by atoms with E-state index in [0.717, 1.165) is 19.4 Å². The summed E-state index contributed by atoms with van der Waals surface area (Å²) in [5, 5.41) is 0. The lowest BCUT2D eigenvalue weighted by Crippen LogP contribution is -1.93. The van der Waals surface area contributed by atoms with Crippen molar-refractivity contribution in [1.29, 1.82) is 0 Å². The van der Waals surface area contributed by atoms with Gasteiger partial charge < -0.3 is 10.5 Å². The first-order valence-corrected chi connectivity index (χ1v) is 4.52. The summed E-state index contributed by atoms with van der Waals surface area (Å²) < 4.78 is 4.97. The fraction of sp³-hybridized carbons (Fsp3) is 0.455. The molecule has 0 rings (SSSR count). The summed E-state index contributed by atoms with van der Waals surface area (Å²) in [5.74, 6) is 0. The van der Waals surface area contributed by atoms with Crippen LogP contribution < -0.4 is 5.73 Å². The second-order valence-corrected chi connectivity index (χ2v) is 2.71. The maximum Gasteiger partial charge on any atom is 0.0465 e. The average Bonchev–Trinajstić information content (AvgIpc) is 2.14. The number of hydrogen-bond donors (Lipinski definition) is 1. The van der Waals surface area contributed by atoms with Crippen molar-refractivity contribution in [2.75, 3.05) is 20.3 Å². The molecule has 2 nitrogen and oxygen atoms in total. The minimum Gasteiger partial charge on any atom is -0.385 e. The number of allylic oxidation sites excluding steroid dienone is 4. The van der Waals surface area contributed by atoms with E-state index in [-0.39, 0.29) is 0 Å². The SMILES string of the molecule is C=C/C=C(\C=C/CN)CCCOC. The lowest BCUT2D eigenvalue weighted by molar-refractivity contribution is 0.195. The molecule has 0 saturated heterocycles. The van der Waals surface area contributed by atoms with E-state index in [1.165, 1.54) is 5.57 Å². The molecule has 0 aromatic heterocycles. The largest absolute Gasteiger partial charge is 0.385 e. The quantitative estimate of drug-likeness (QED) is 0.482. The van der Waals surface area contributed by atoms with Gasteiger partial charge in [0.2, 0.25) is 0 Å². The topological polar surface area (TPSA) is 35.2 Å². The molecule has 0 aliphatic heterocycles. The normalized spacial score (nSPS) is 12.3. The van der Waals surface area contributed by atoms with Gasteiger partial charge in [0.15, 0.2) is 0 Å². The molecule has 0 aromatic rings. The van der Waals surface area contributed by atoms with E-state index in [0.29, 0.717) is 6.54 Å². The lowest BCUT2D eigenvalue weighted by atomic mass is 10.1. The predicted octanol–water partition coefficient (Wildman–Crippen LogP) is 2.04. The van der Waals surface area contributed by atoms with Crippen LogP contribution >= 0.6 is 0 Å². The Balaban J connectivity index is 3.88. The Morgan fingerprint density at radius 2 is 2.31 bits per heavy atom. The molecule has 0 aliphatic carbocycles. The average molecular weight is 181 g/mol. The Morgan fingerprint density at radius 3 is 2.85 bits per heavy atom. The van der Waals surface area contributed by atoms with Gasteiger partial charge in [-0.3, -0.25) is 0 Å². The minimum absolute atomic E-state index is 0.582. The third-order valence-corrected chi connectivity index (χ3v) is 1.61. The fourth-order valence-electron chi connectivity index (χ4n) is 1.01. The highest BCUT2D eigenvalue weighted by Crippen LogP contribution is 2.06. The number of methoxy groups -OCH3 is 1. The highest BCUT2D eigenvalue weighted by molar-refractivity contribution is 5.22. The predicted molar refractivity (Wildman–Crippen MR) is 57.6 cm³/mol. The number of hydrogen-bond acceptors (Lipinski definition) is 2. The molecule has 2 N–H and O–H groups in total. The summed E-state index contributed by atoms with van der Waals surface area (Å²) >= 11 is 0. The zero-order valence-electron chi connectivity index (χ0n) is 8.33. The fourth-order valence-corrected chi connectivity index (χ4v) is 1.01. The van der Waals surface area contributed by atoms with Gasteiger partial charge in [-0.05, 0) is 18.4 Å². The Hall–Kier alpha value is -0.860. The van der Waals surface area contributed by atoms with E-state index >= 15 is 0 Å². The van der Waals surface area contributed by atoms with Gasteiger partial charge in [-0.15, -0.1) is 0 Å². The summed E-state index contributed by atoms with van der Waals surface area (Å²) in [5.41, 5.74) is 6.61. The number of rotatable bonds is 7. The third-order valence-electron chi connectivity index (χ3n) is 1.61. The monoisotopic (exact) mass is 181 g/mol. The van der Waals surface area contributed by atoms with E-state index in [1.54, 1.807) is 13.2 Å². The molecule has 0 saturated carbocycles. The van der Waals surface area contributed by atoms with E-state index in [9.17, 15) is 0 Å². The van der Waals surface area contributed by atoms with Gasteiger partial charge in [0, 0.05) is 20.3 Å². The highest BCUT2D eigenvalue weighted by Gasteiger charge is 1.91. The first-order valence-electron chi connectivity index (χ1n) is 4.52. The van der Waals surface area contributed by atoms with Crippen molar-refractivity contribution >= 4 is 0 Å². The number of nitrogens with two attached hydrogens (primary N) is 1. The molecule has 0 radical (unpaired) electrons. The van der Waals surface area contributed by atoms with Gasteiger partial charge in [-0.25, -0.2) is 0 Å². The van der Waals surface area contributed by atoms with Gasteiger partial charge in [0.1, 0.15) is 0 Å². The van der Waals surface area contributed by atoms with Crippen LogP contribution in [0.4, 0.5) is 0 Å². The smallest absolute Gasteiger partial charge is 0.0465 e. The Labute approximate surface area is 80.8 Å². The zero-order valence-corrected chi connectivity index (χ0v) is 8.33. The molecule has 0 bridgehead atoms. The summed E-state index contributed by atoms with van der Waals surface area (Å²) in [7, 11) is 1.71. The van der Waals surface area contributed by atoms with Crippen LogP contribution in [0.5, 0.6) is 0 Å². The van der Waals surface area contributed by atoms with E-state index < -0.39 is 0 Å². The van der Waals surface area contributed by atoms with Crippen molar-refractivity contribution in [3.63, 3.8) is 0 Å². The highest BCUT2D eigenvalue weighted by atomic mass is 16.5. The molecule has 0 atom stereocenters. The van der Waals surface area contributed by atoms with Crippen molar-refractivity contribution in [3.8, 4) is 0 Å². The minimum atomic E-state index is 0.582. The van der Waals surface area contributed by atoms with Crippen LogP contribution in [-0.4, -0.2) is 20.3 Å². The first kappa shape index (κ1) is 12.1. The lowest BCUT2D eigenvalue weighted by Gasteiger charge is -2.00. The molecule has 0 fully saturated rings. The molecule has 0 unspecified atom stereocenters. The van der Waals surface area contributed by atoms with Gasteiger partial charge >= 0.3 is 0 Å². The van der Waals surface area contributed by atoms with E-state index in [4.69, 9.17) is 10.5 Å². The molecule has 74 valence electrons. The molecule has 0 heterocycles. The Bertz CT molecular complexity index is 183. The maximum absolute atomic E-state index is 5.36. The molecular formula is C11H19NO. The Kier molecular flexibility index (Phi) is 8.62. The molecular weight excluding hydrogens is 162 g/mol. The zero-order chi connectivity index (χ0) is 9.94. The van der Waals surface area contributed by atoms with Gasteiger partial charge in [0.05, 0.1) is 0 Å². The summed E-state index contributed by atoms with van der Waals surface area (Å²) in [6, 6.07) is 0. The van der Waals surface area contributed by atoms with Crippen LogP contribution in [0, 0.1) is 0 Å². The van der Waals surface area contributed by atoms with Crippen molar-refractivity contribution in [2.45, 2.75) is 12.8 Å². The standard InChI is InChI=1S/C11H19NO/c1-3-6-11(7-4-9-12)8-5-10-13-2/h3-4,6-7H,1,5,8-10,12H2,2H3/b7-4-,11-6+. The third kappa shape index (κ3) is 7.50. The van der Waals surface area contributed by atoms with Crippen LogP contribution in [-0.2, 0) is 4.74 Å². The first-order chi connectivity index (χ1) is 6.35. The number of ether oxygens (including phenoxy) is 1. The van der Waals surface area contributed by atoms with E-state index in [1.807, 2.05) is 18.2 Å². The van der Waals surface area contributed by atoms with Crippen molar-refractivity contribution in [3.05, 3.63) is 36.5 Å². The molecule has 0 amide bonds. The summed E-state index contributed by atoms with van der Waals surface area (Å²) in [6.45, 7) is 5.04. The maximum atomic E-state index is 5.36. The van der Waals surface area contributed by atoms with Crippen LogP contribution in [0.15, 0.2) is 36.5 Å². The van der Waals surface area contributed by atoms with Crippen LogP contribution in [0.1, 0.15) is 12.8 Å². The van der Waals surface area contributed by atoms with Gasteiger partial charge in [0.25, 0.3) is 0 Å². The Morgan fingerprint density at radius 1 is 1.54 bits per heavy atom. The van der Waals surface area contributed by atoms with Crippen molar-refractivity contribution in [1.82, 2.24) is 0 Å². The van der Waals surface area contributed by atoms with Crippen LogP contribution in [0.3, 0.4) is 0 Å². The van der Waals surface area contributed by atoms with Gasteiger partial charge in [-0.1, -0.05) is 30.9 Å². The molecule has 0 spiro atoms. The molecule has 2 heteroatoms.